The van der Waals surface area contributed by atoms with Crippen LogP contribution < -0.4 is 5.32 Å². The summed E-state index contributed by atoms with van der Waals surface area (Å²) in [6.07, 6.45) is 5.46. The molecule has 2 aromatic rings. The normalized spacial score (nSPS) is 23.7. The molecule has 4 nitrogen and oxygen atoms in total. The molecule has 0 saturated carbocycles. The number of allylic oxidation sites excluding steroid dienone is 2. The summed E-state index contributed by atoms with van der Waals surface area (Å²) in [7, 11) is 0. The van der Waals surface area contributed by atoms with Crippen LogP contribution in [-0.2, 0) is 0 Å². The Bertz CT molecular complexity index is 907. The molecule has 0 unspecified atom stereocenters. The van der Waals surface area contributed by atoms with Crippen molar-refractivity contribution in [2.45, 2.75) is 32.2 Å². The second-order valence-electron chi connectivity index (χ2n) is 6.92. The number of benzene rings is 2. The van der Waals surface area contributed by atoms with E-state index in [2.05, 4.69) is 43.4 Å². The molecular weight excluding hydrogens is 336 g/mol. The van der Waals surface area contributed by atoms with Gasteiger partial charge in [-0.3, -0.25) is 10.1 Å². The lowest BCUT2D eigenvalue weighted by Gasteiger charge is -2.38. The largest absolute Gasteiger partial charge is 0.377 e. The van der Waals surface area contributed by atoms with E-state index in [-0.39, 0.29) is 16.8 Å². The highest BCUT2D eigenvalue weighted by atomic mass is 35.5. The van der Waals surface area contributed by atoms with Gasteiger partial charge in [0, 0.05) is 17.7 Å². The number of anilines is 1. The zero-order valence-electron chi connectivity index (χ0n) is 14.1. The minimum atomic E-state index is -0.414. The van der Waals surface area contributed by atoms with Crippen molar-refractivity contribution in [3.8, 4) is 0 Å². The Hall–Kier alpha value is -2.33. The highest BCUT2D eigenvalue weighted by molar-refractivity contribution is 6.32. The topological polar surface area (TPSA) is 55.2 Å². The van der Waals surface area contributed by atoms with Gasteiger partial charge in [-0.1, -0.05) is 42.0 Å². The van der Waals surface area contributed by atoms with Crippen LogP contribution in [0.1, 0.15) is 40.6 Å². The van der Waals surface area contributed by atoms with E-state index in [1.165, 1.54) is 16.7 Å². The number of nitrogens with zero attached hydrogens (tertiary/aromatic N) is 1. The fourth-order valence-corrected chi connectivity index (χ4v) is 4.30. The van der Waals surface area contributed by atoms with Gasteiger partial charge in [0.1, 0.15) is 5.02 Å². The summed E-state index contributed by atoms with van der Waals surface area (Å²) in [4.78, 5) is 10.9. The molecule has 1 heterocycles. The maximum Gasteiger partial charge on any atom is 0.288 e. The van der Waals surface area contributed by atoms with E-state index in [0.29, 0.717) is 11.8 Å². The van der Waals surface area contributed by atoms with Gasteiger partial charge >= 0.3 is 0 Å². The van der Waals surface area contributed by atoms with E-state index in [0.717, 1.165) is 17.7 Å². The quantitative estimate of drug-likeness (QED) is 0.428. The number of nitrogens with one attached hydrogen (secondary N) is 1. The second kappa shape index (κ2) is 5.88. The van der Waals surface area contributed by atoms with E-state index in [1.807, 2.05) is 6.07 Å². The van der Waals surface area contributed by atoms with E-state index in [4.69, 9.17) is 11.6 Å². The molecule has 0 spiro atoms. The molecule has 5 heteroatoms. The van der Waals surface area contributed by atoms with Crippen molar-refractivity contribution < 1.29 is 4.92 Å². The number of nitro groups is 1. The van der Waals surface area contributed by atoms with Crippen LogP contribution in [0.3, 0.4) is 0 Å². The van der Waals surface area contributed by atoms with Gasteiger partial charge in [0.05, 0.1) is 11.0 Å². The Morgan fingerprint density at radius 3 is 2.80 bits per heavy atom. The first-order chi connectivity index (χ1) is 12.0. The van der Waals surface area contributed by atoms with Gasteiger partial charge in [-0.25, -0.2) is 0 Å². The summed E-state index contributed by atoms with van der Waals surface area (Å²) in [5.74, 6) is 0.700. The smallest absolute Gasteiger partial charge is 0.288 e. The summed E-state index contributed by atoms with van der Waals surface area (Å²) < 4.78 is 0. The highest BCUT2D eigenvalue weighted by Crippen LogP contribution is 2.51. The maximum atomic E-state index is 11.3. The Morgan fingerprint density at radius 2 is 2.04 bits per heavy atom. The standard InChI is InChI=1S/C20H19ClN2O2/c1-11-6-8-16-14-4-3-5-15(14)20(22-19(16)12(11)2)13-7-9-17(21)18(10-13)23(24)25/h3-4,6-10,14-15,20,22H,5H2,1-2H3/t14-,15+,20-/m1/s1. The average molecular weight is 355 g/mol. The predicted molar refractivity (Wildman–Crippen MR) is 100 cm³/mol. The third kappa shape index (κ3) is 2.52. The molecule has 0 saturated heterocycles. The Kier molecular flexibility index (Phi) is 3.80. The molecule has 1 aliphatic heterocycles. The number of nitro benzene ring substituents is 1. The summed E-state index contributed by atoms with van der Waals surface area (Å²) in [5.41, 5.74) is 5.85. The summed E-state index contributed by atoms with van der Waals surface area (Å²) >= 11 is 5.99. The molecule has 2 aliphatic rings. The molecule has 1 aliphatic carbocycles. The van der Waals surface area contributed by atoms with Crippen LogP contribution in [0.2, 0.25) is 5.02 Å². The SMILES string of the molecule is Cc1ccc2c(c1C)N[C@H](c1ccc(Cl)c([N+](=O)[O-])c1)[C@H]1CC=C[C@@H]21. The number of aryl methyl sites for hydroxylation is 1. The molecule has 0 radical (unpaired) electrons. The molecule has 0 fully saturated rings. The van der Waals surface area contributed by atoms with Gasteiger partial charge in [-0.2, -0.15) is 0 Å². The zero-order valence-corrected chi connectivity index (χ0v) is 14.9. The first-order valence-electron chi connectivity index (χ1n) is 8.44. The lowest BCUT2D eigenvalue weighted by molar-refractivity contribution is -0.384. The Labute approximate surface area is 151 Å². The van der Waals surface area contributed by atoms with Crippen LogP contribution in [0.5, 0.6) is 0 Å². The summed E-state index contributed by atoms with van der Waals surface area (Å²) in [6.45, 7) is 4.23. The summed E-state index contributed by atoms with van der Waals surface area (Å²) in [5, 5.41) is 15.1. The number of rotatable bonds is 2. The molecule has 2 aromatic carbocycles. The number of halogens is 1. The van der Waals surface area contributed by atoms with Crippen LogP contribution in [0.15, 0.2) is 42.5 Å². The fourth-order valence-electron chi connectivity index (χ4n) is 4.11. The molecular formula is C20H19ClN2O2. The van der Waals surface area contributed by atoms with Gasteiger partial charge in [-0.15, -0.1) is 0 Å². The van der Waals surface area contributed by atoms with Crippen molar-refractivity contribution in [3.05, 3.63) is 79.9 Å². The Balaban J connectivity index is 1.83. The van der Waals surface area contributed by atoms with Crippen molar-refractivity contribution in [1.29, 1.82) is 0 Å². The van der Waals surface area contributed by atoms with Gasteiger partial charge in [0.2, 0.25) is 0 Å². The number of hydrogen-bond donors (Lipinski definition) is 1. The Morgan fingerprint density at radius 1 is 1.24 bits per heavy atom. The number of hydrogen-bond acceptors (Lipinski definition) is 3. The van der Waals surface area contributed by atoms with Crippen molar-refractivity contribution in [3.63, 3.8) is 0 Å². The lowest BCUT2D eigenvalue weighted by atomic mass is 9.76. The molecule has 0 amide bonds. The van der Waals surface area contributed by atoms with Crippen molar-refractivity contribution in [2.24, 2.45) is 5.92 Å². The molecule has 0 bridgehead atoms. The van der Waals surface area contributed by atoms with Gasteiger partial charge in [-0.05, 0) is 54.5 Å². The molecule has 3 atom stereocenters. The first kappa shape index (κ1) is 16.2. The van der Waals surface area contributed by atoms with E-state index in [9.17, 15) is 10.1 Å². The molecule has 4 rings (SSSR count). The van der Waals surface area contributed by atoms with Gasteiger partial charge in [0.25, 0.3) is 5.69 Å². The van der Waals surface area contributed by atoms with Crippen LogP contribution in [0.4, 0.5) is 11.4 Å². The highest BCUT2D eigenvalue weighted by Gasteiger charge is 2.39. The van der Waals surface area contributed by atoms with Crippen molar-refractivity contribution >= 4 is 23.0 Å². The first-order valence-corrected chi connectivity index (χ1v) is 8.82. The third-order valence-corrected chi connectivity index (χ3v) is 5.91. The minimum absolute atomic E-state index is 0.0315. The molecule has 128 valence electrons. The zero-order chi connectivity index (χ0) is 17.7. The van der Waals surface area contributed by atoms with Crippen LogP contribution in [0, 0.1) is 29.9 Å². The van der Waals surface area contributed by atoms with E-state index in [1.54, 1.807) is 12.1 Å². The van der Waals surface area contributed by atoms with Crippen LogP contribution in [-0.4, -0.2) is 4.92 Å². The summed E-state index contributed by atoms with van der Waals surface area (Å²) in [6, 6.07) is 9.56. The fraction of sp³-hybridized carbons (Fsp3) is 0.300. The molecule has 25 heavy (non-hydrogen) atoms. The average Bonchev–Trinajstić information content (AvgIpc) is 3.07. The van der Waals surface area contributed by atoms with Crippen molar-refractivity contribution in [1.82, 2.24) is 0 Å². The maximum absolute atomic E-state index is 11.3. The van der Waals surface area contributed by atoms with Crippen LogP contribution in [0.25, 0.3) is 0 Å². The van der Waals surface area contributed by atoms with Gasteiger partial charge < -0.3 is 5.32 Å². The van der Waals surface area contributed by atoms with Gasteiger partial charge in [0.15, 0.2) is 0 Å². The second-order valence-corrected chi connectivity index (χ2v) is 7.32. The minimum Gasteiger partial charge on any atom is -0.377 e. The predicted octanol–water partition coefficient (Wildman–Crippen LogP) is 5.69. The van der Waals surface area contributed by atoms with Crippen LogP contribution >= 0.6 is 11.6 Å². The van der Waals surface area contributed by atoms with E-state index >= 15 is 0 Å². The molecule has 1 N–H and O–H groups in total. The van der Waals surface area contributed by atoms with E-state index < -0.39 is 4.92 Å². The third-order valence-electron chi connectivity index (χ3n) is 5.59. The number of fused-ring (bicyclic) bond motifs is 3. The molecule has 0 aromatic heterocycles. The monoisotopic (exact) mass is 354 g/mol. The lowest BCUT2D eigenvalue weighted by Crippen LogP contribution is -2.29. The van der Waals surface area contributed by atoms with Crippen molar-refractivity contribution in [2.75, 3.05) is 5.32 Å².